The van der Waals surface area contributed by atoms with E-state index in [0.717, 1.165) is 0 Å². The number of rotatable bonds is 6. The molecule has 0 radical (unpaired) electrons. The summed E-state index contributed by atoms with van der Waals surface area (Å²) in [5.74, 6) is -0.425. The molecule has 0 saturated carbocycles. The molecule has 3 aromatic rings. The lowest BCUT2D eigenvalue weighted by Gasteiger charge is -2.13. The van der Waals surface area contributed by atoms with Gasteiger partial charge in [-0.3, -0.25) is 23.9 Å². The Morgan fingerprint density at radius 1 is 1.04 bits per heavy atom. The lowest BCUT2D eigenvalue weighted by molar-refractivity contribution is -0.116. The monoisotopic (exact) mass is 376 g/mol. The number of fused-ring (bicyclic) bond motifs is 1. The van der Waals surface area contributed by atoms with E-state index in [1.165, 1.54) is 17.3 Å². The van der Waals surface area contributed by atoms with Crippen LogP contribution in [0.15, 0.2) is 55.4 Å². The lowest BCUT2D eigenvalue weighted by atomic mass is 10.1. The molecule has 2 aromatic heterocycles. The molecule has 0 aliphatic carbocycles. The molecule has 9 nitrogen and oxygen atoms in total. The van der Waals surface area contributed by atoms with Crippen LogP contribution in [-0.4, -0.2) is 48.7 Å². The summed E-state index contributed by atoms with van der Waals surface area (Å²) in [4.78, 5) is 50.1. The van der Waals surface area contributed by atoms with E-state index in [9.17, 15) is 14.4 Å². The number of nitrogens with zero attached hydrogens (tertiary/aromatic N) is 5. The third kappa shape index (κ3) is 3.37. The van der Waals surface area contributed by atoms with Crippen molar-refractivity contribution < 1.29 is 14.4 Å². The Balaban J connectivity index is 1.28. The van der Waals surface area contributed by atoms with Crippen molar-refractivity contribution in [3.8, 4) is 5.95 Å². The van der Waals surface area contributed by atoms with Crippen LogP contribution < -0.4 is 5.32 Å². The zero-order valence-corrected chi connectivity index (χ0v) is 14.8. The maximum atomic E-state index is 12.3. The van der Waals surface area contributed by atoms with Gasteiger partial charge in [0.25, 0.3) is 11.8 Å². The predicted octanol–water partition coefficient (Wildman–Crippen LogP) is 1.68. The average Bonchev–Trinajstić information content (AvgIpc) is 3.32. The van der Waals surface area contributed by atoms with Crippen LogP contribution in [0.5, 0.6) is 0 Å². The molecule has 28 heavy (non-hydrogen) atoms. The second-order valence-electron chi connectivity index (χ2n) is 6.20. The summed E-state index contributed by atoms with van der Waals surface area (Å²) in [6.45, 7) is 0.190. The maximum absolute atomic E-state index is 12.3. The van der Waals surface area contributed by atoms with E-state index < -0.39 is 0 Å². The van der Waals surface area contributed by atoms with Crippen molar-refractivity contribution in [2.75, 3.05) is 11.9 Å². The molecule has 1 aromatic carbocycles. The topological polar surface area (TPSA) is 110 Å². The zero-order valence-electron chi connectivity index (χ0n) is 14.8. The number of anilines is 1. The molecule has 0 spiro atoms. The molecule has 1 N–H and O–H groups in total. The van der Waals surface area contributed by atoms with Crippen LogP contribution in [0.1, 0.15) is 33.6 Å². The number of benzene rings is 1. The van der Waals surface area contributed by atoms with Crippen LogP contribution in [0.4, 0.5) is 5.69 Å². The van der Waals surface area contributed by atoms with E-state index in [4.69, 9.17) is 0 Å². The molecule has 140 valence electrons. The van der Waals surface area contributed by atoms with Gasteiger partial charge < -0.3 is 5.32 Å². The van der Waals surface area contributed by atoms with Crippen LogP contribution in [0.3, 0.4) is 0 Å². The summed E-state index contributed by atoms with van der Waals surface area (Å²) in [5, 5.41) is 2.70. The molecule has 3 amide bonds. The number of hydrogen-bond acceptors (Lipinski definition) is 6. The number of imide groups is 1. The third-order valence-corrected chi connectivity index (χ3v) is 4.32. The predicted molar refractivity (Wildman–Crippen MR) is 98.8 cm³/mol. The fraction of sp³-hybridized carbons (Fsp3) is 0.158. The Morgan fingerprint density at radius 2 is 1.71 bits per heavy atom. The van der Waals surface area contributed by atoms with Crippen LogP contribution >= 0.6 is 0 Å². The van der Waals surface area contributed by atoms with Crippen molar-refractivity contribution in [3.63, 3.8) is 0 Å². The molecule has 0 fully saturated rings. The largest absolute Gasteiger partial charge is 0.323 e. The van der Waals surface area contributed by atoms with Gasteiger partial charge in [-0.05, 0) is 18.6 Å². The molecule has 0 bridgehead atoms. The molecule has 3 heterocycles. The van der Waals surface area contributed by atoms with Crippen LogP contribution in [-0.2, 0) is 4.79 Å². The smallest absolute Gasteiger partial charge is 0.261 e. The van der Waals surface area contributed by atoms with E-state index in [0.29, 0.717) is 29.2 Å². The second-order valence-corrected chi connectivity index (χ2v) is 6.20. The Hall–Kier alpha value is -3.88. The van der Waals surface area contributed by atoms with Crippen molar-refractivity contribution in [1.29, 1.82) is 0 Å². The summed E-state index contributed by atoms with van der Waals surface area (Å²) >= 11 is 0. The number of carbonyl (C=O) groups excluding carboxylic acids is 3. The van der Waals surface area contributed by atoms with Gasteiger partial charge in [0.2, 0.25) is 11.9 Å². The van der Waals surface area contributed by atoms with E-state index in [-0.39, 0.29) is 30.7 Å². The Kier molecular flexibility index (Phi) is 4.63. The minimum atomic E-state index is -0.315. The molecule has 9 heteroatoms. The highest BCUT2D eigenvalue weighted by molar-refractivity contribution is 6.21. The number of amides is 3. The molecular weight excluding hydrogens is 360 g/mol. The Bertz CT molecular complexity index is 995. The Morgan fingerprint density at radius 3 is 2.32 bits per heavy atom. The van der Waals surface area contributed by atoms with Gasteiger partial charge in [0.15, 0.2) is 0 Å². The van der Waals surface area contributed by atoms with Gasteiger partial charge in [-0.2, -0.15) is 0 Å². The first-order valence-corrected chi connectivity index (χ1v) is 8.69. The van der Waals surface area contributed by atoms with Gasteiger partial charge in [0.1, 0.15) is 6.33 Å². The van der Waals surface area contributed by atoms with E-state index in [1.54, 1.807) is 47.6 Å². The van der Waals surface area contributed by atoms with Gasteiger partial charge in [0, 0.05) is 25.4 Å². The van der Waals surface area contributed by atoms with Crippen LogP contribution in [0.2, 0.25) is 0 Å². The fourth-order valence-corrected chi connectivity index (χ4v) is 2.96. The van der Waals surface area contributed by atoms with Crippen LogP contribution in [0.25, 0.3) is 5.95 Å². The van der Waals surface area contributed by atoms with Gasteiger partial charge in [-0.25, -0.2) is 15.0 Å². The SMILES string of the molecule is O=C(CCCN1C(=O)c2ccccc2C1=O)Nc1cnc(-n2ccnc2)nc1. The van der Waals surface area contributed by atoms with E-state index >= 15 is 0 Å². The van der Waals surface area contributed by atoms with Gasteiger partial charge in [-0.1, -0.05) is 12.1 Å². The van der Waals surface area contributed by atoms with Gasteiger partial charge in [0.05, 0.1) is 29.2 Å². The first-order chi connectivity index (χ1) is 13.6. The molecule has 4 rings (SSSR count). The first kappa shape index (κ1) is 17.5. The normalized spacial score (nSPS) is 12.9. The third-order valence-electron chi connectivity index (χ3n) is 4.32. The number of hydrogen-bond donors (Lipinski definition) is 1. The number of carbonyl (C=O) groups is 3. The summed E-state index contributed by atoms with van der Waals surface area (Å²) in [6.07, 6.45) is 8.45. The Labute approximate surface area is 160 Å². The molecular formula is C19H16N6O3. The van der Waals surface area contributed by atoms with Gasteiger partial charge in [-0.15, -0.1) is 0 Å². The van der Waals surface area contributed by atoms with E-state index in [1.807, 2.05) is 0 Å². The summed E-state index contributed by atoms with van der Waals surface area (Å²) in [6, 6.07) is 6.72. The summed E-state index contributed by atoms with van der Waals surface area (Å²) in [5.41, 5.74) is 1.29. The highest BCUT2D eigenvalue weighted by Gasteiger charge is 2.34. The molecule has 1 aliphatic heterocycles. The fourth-order valence-electron chi connectivity index (χ4n) is 2.96. The van der Waals surface area contributed by atoms with Crippen molar-refractivity contribution in [1.82, 2.24) is 24.4 Å². The van der Waals surface area contributed by atoms with Crippen molar-refractivity contribution in [3.05, 3.63) is 66.5 Å². The minimum Gasteiger partial charge on any atom is -0.323 e. The molecule has 1 aliphatic rings. The highest BCUT2D eigenvalue weighted by Crippen LogP contribution is 2.22. The van der Waals surface area contributed by atoms with Crippen LogP contribution in [0, 0.1) is 0 Å². The van der Waals surface area contributed by atoms with E-state index in [2.05, 4.69) is 20.3 Å². The minimum absolute atomic E-state index is 0.163. The first-order valence-electron chi connectivity index (χ1n) is 8.69. The standard InChI is InChI=1S/C19H16N6O3/c26-16(23-13-10-21-19(22-11-13)24-9-7-20-12-24)6-3-8-25-17(27)14-4-1-2-5-15(14)18(25)28/h1-2,4-5,7,9-12H,3,6,8H2,(H,23,26). The number of imidazole rings is 1. The summed E-state index contributed by atoms with van der Waals surface area (Å²) < 4.78 is 1.65. The molecule has 0 atom stereocenters. The van der Waals surface area contributed by atoms with Crippen molar-refractivity contribution >= 4 is 23.4 Å². The number of aromatic nitrogens is 4. The average molecular weight is 376 g/mol. The quantitative estimate of drug-likeness (QED) is 0.656. The number of nitrogens with one attached hydrogen (secondary N) is 1. The highest BCUT2D eigenvalue weighted by atomic mass is 16.2. The van der Waals surface area contributed by atoms with Gasteiger partial charge >= 0.3 is 0 Å². The lowest BCUT2D eigenvalue weighted by Crippen LogP contribution is -2.31. The molecule has 0 saturated heterocycles. The molecule has 0 unspecified atom stereocenters. The zero-order chi connectivity index (χ0) is 19.5. The maximum Gasteiger partial charge on any atom is 0.261 e. The van der Waals surface area contributed by atoms with Crippen molar-refractivity contribution in [2.45, 2.75) is 12.8 Å². The second kappa shape index (κ2) is 7.39. The van der Waals surface area contributed by atoms with Crippen molar-refractivity contribution in [2.24, 2.45) is 0 Å². The summed E-state index contributed by atoms with van der Waals surface area (Å²) in [7, 11) is 0.